The largest absolute Gasteiger partial charge is 0.493 e. The molecular formula is C15H20N2O6S. The minimum absolute atomic E-state index is 0.0343. The van der Waals surface area contributed by atoms with Gasteiger partial charge < -0.3 is 19.7 Å². The maximum Gasteiger partial charge on any atom is 0.313 e. The van der Waals surface area contributed by atoms with Gasteiger partial charge in [0.05, 0.1) is 25.7 Å². The number of hydrogen-bond donors (Lipinski definition) is 1. The van der Waals surface area contributed by atoms with Crippen LogP contribution in [0.15, 0.2) is 18.2 Å². The summed E-state index contributed by atoms with van der Waals surface area (Å²) in [4.78, 5) is 25.5. The molecule has 0 bridgehead atoms. The number of anilines is 1. The number of sulfone groups is 1. The monoisotopic (exact) mass is 356 g/mol. The summed E-state index contributed by atoms with van der Waals surface area (Å²) < 4.78 is 33.2. The number of hydrogen-bond acceptors (Lipinski definition) is 6. The summed E-state index contributed by atoms with van der Waals surface area (Å²) in [5, 5.41) is 2.48. The number of carbonyl (C=O) groups is 2. The van der Waals surface area contributed by atoms with Crippen LogP contribution in [0.1, 0.15) is 6.42 Å². The van der Waals surface area contributed by atoms with E-state index in [9.17, 15) is 18.0 Å². The van der Waals surface area contributed by atoms with Gasteiger partial charge in [0.1, 0.15) is 0 Å². The predicted molar refractivity (Wildman–Crippen MR) is 88.0 cm³/mol. The van der Waals surface area contributed by atoms with Crippen LogP contribution in [0, 0.1) is 0 Å². The fraction of sp³-hybridized carbons (Fsp3) is 0.467. The van der Waals surface area contributed by atoms with Gasteiger partial charge in [-0.25, -0.2) is 8.42 Å². The molecule has 0 aliphatic carbocycles. The van der Waals surface area contributed by atoms with Crippen LogP contribution in [0.25, 0.3) is 0 Å². The Morgan fingerprint density at radius 1 is 1.21 bits per heavy atom. The molecule has 1 aromatic rings. The second kappa shape index (κ2) is 7.08. The number of nitrogens with one attached hydrogen (secondary N) is 1. The lowest BCUT2D eigenvalue weighted by atomic mass is 10.2. The average Bonchev–Trinajstić information content (AvgIpc) is 2.93. The van der Waals surface area contributed by atoms with Gasteiger partial charge in [0.25, 0.3) is 0 Å². The maximum absolute atomic E-state index is 12.2. The van der Waals surface area contributed by atoms with Crippen molar-refractivity contribution in [1.82, 2.24) is 4.90 Å². The highest BCUT2D eigenvalue weighted by molar-refractivity contribution is 7.91. The first-order chi connectivity index (χ1) is 11.3. The van der Waals surface area contributed by atoms with E-state index in [2.05, 4.69) is 5.32 Å². The molecule has 1 aromatic carbocycles. The van der Waals surface area contributed by atoms with E-state index in [1.807, 2.05) is 0 Å². The van der Waals surface area contributed by atoms with E-state index in [4.69, 9.17) is 9.47 Å². The Morgan fingerprint density at radius 2 is 1.88 bits per heavy atom. The highest BCUT2D eigenvalue weighted by Gasteiger charge is 2.34. The third kappa shape index (κ3) is 3.97. The zero-order valence-corrected chi connectivity index (χ0v) is 14.6. The van der Waals surface area contributed by atoms with E-state index < -0.39 is 27.7 Å². The van der Waals surface area contributed by atoms with E-state index in [-0.39, 0.29) is 11.5 Å². The minimum atomic E-state index is -3.13. The Kier molecular flexibility index (Phi) is 5.33. The predicted octanol–water partition coefficient (Wildman–Crippen LogP) is 0.288. The number of likely N-dealkylation sites (N-methyl/N-ethyl adjacent to an activating group) is 1. The summed E-state index contributed by atoms with van der Waals surface area (Å²) in [5.41, 5.74) is 0.374. The van der Waals surface area contributed by atoms with Crippen molar-refractivity contribution in [2.75, 3.05) is 38.1 Å². The first-order valence-electron chi connectivity index (χ1n) is 7.28. The van der Waals surface area contributed by atoms with Crippen molar-refractivity contribution in [3.8, 4) is 11.5 Å². The third-order valence-electron chi connectivity index (χ3n) is 3.91. The SMILES string of the molecule is COc1ccc(NC(=O)C(=O)N(C)C2CCS(=O)(=O)C2)cc1OC. The fourth-order valence-corrected chi connectivity index (χ4v) is 4.28. The van der Waals surface area contributed by atoms with Gasteiger partial charge in [-0.1, -0.05) is 0 Å². The molecule has 1 N–H and O–H groups in total. The summed E-state index contributed by atoms with van der Waals surface area (Å²) in [5.74, 6) is -0.792. The van der Waals surface area contributed by atoms with E-state index in [1.54, 1.807) is 12.1 Å². The quantitative estimate of drug-likeness (QED) is 0.778. The smallest absolute Gasteiger partial charge is 0.313 e. The molecule has 2 rings (SSSR count). The molecule has 1 saturated heterocycles. The lowest BCUT2D eigenvalue weighted by Crippen LogP contribution is -2.43. The van der Waals surface area contributed by atoms with Crippen molar-refractivity contribution >= 4 is 27.3 Å². The molecule has 0 saturated carbocycles. The average molecular weight is 356 g/mol. The zero-order valence-electron chi connectivity index (χ0n) is 13.7. The molecule has 1 aliphatic rings. The molecule has 2 amide bonds. The summed E-state index contributed by atoms with van der Waals surface area (Å²) in [6, 6.07) is 4.24. The Labute approximate surface area is 140 Å². The Hall–Kier alpha value is -2.29. The summed E-state index contributed by atoms with van der Waals surface area (Å²) >= 11 is 0. The van der Waals surface area contributed by atoms with Gasteiger partial charge >= 0.3 is 11.8 Å². The van der Waals surface area contributed by atoms with Gasteiger partial charge in [0, 0.05) is 24.8 Å². The molecule has 0 spiro atoms. The molecule has 1 atom stereocenters. The van der Waals surface area contributed by atoms with Crippen LogP contribution in [-0.2, 0) is 19.4 Å². The number of methoxy groups -OCH3 is 2. The van der Waals surface area contributed by atoms with Crippen LogP contribution in [0.2, 0.25) is 0 Å². The number of ether oxygens (including phenoxy) is 2. The minimum Gasteiger partial charge on any atom is -0.493 e. The van der Waals surface area contributed by atoms with Crippen LogP contribution in [-0.4, -0.2) is 63.9 Å². The first kappa shape index (κ1) is 18.1. The molecule has 8 nitrogen and oxygen atoms in total. The van der Waals surface area contributed by atoms with Crippen molar-refractivity contribution in [3.63, 3.8) is 0 Å². The van der Waals surface area contributed by atoms with E-state index in [0.717, 1.165) is 0 Å². The molecule has 1 fully saturated rings. The van der Waals surface area contributed by atoms with Crippen molar-refractivity contribution in [2.45, 2.75) is 12.5 Å². The molecule has 0 radical (unpaired) electrons. The topological polar surface area (TPSA) is 102 Å². The van der Waals surface area contributed by atoms with Crippen molar-refractivity contribution in [2.24, 2.45) is 0 Å². The van der Waals surface area contributed by atoms with Crippen LogP contribution in [0.3, 0.4) is 0 Å². The number of benzene rings is 1. The molecule has 24 heavy (non-hydrogen) atoms. The van der Waals surface area contributed by atoms with Crippen molar-refractivity contribution in [3.05, 3.63) is 18.2 Å². The summed E-state index contributed by atoms with van der Waals surface area (Å²) in [7, 11) is 1.25. The van der Waals surface area contributed by atoms with Gasteiger partial charge in [-0.2, -0.15) is 0 Å². The lowest BCUT2D eigenvalue weighted by Gasteiger charge is -2.22. The molecular weight excluding hydrogens is 336 g/mol. The summed E-state index contributed by atoms with van der Waals surface area (Å²) in [6.45, 7) is 0. The molecule has 0 aromatic heterocycles. The second-order valence-corrected chi connectivity index (χ2v) is 7.73. The van der Waals surface area contributed by atoms with Gasteiger partial charge in [0.15, 0.2) is 21.3 Å². The summed E-state index contributed by atoms with van der Waals surface area (Å²) in [6.07, 6.45) is 0.341. The molecule has 9 heteroatoms. The van der Waals surface area contributed by atoms with E-state index in [1.165, 1.54) is 32.2 Å². The third-order valence-corrected chi connectivity index (χ3v) is 5.66. The van der Waals surface area contributed by atoms with E-state index in [0.29, 0.717) is 23.6 Å². The normalized spacial score (nSPS) is 18.7. The Bertz CT molecular complexity index is 746. The zero-order chi connectivity index (χ0) is 17.9. The van der Waals surface area contributed by atoms with Gasteiger partial charge in [0.2, 0.25) is 0 Å². The van der Waals surface area contributed by atoms with Crippen molar-refractivity contribution in [1.29, 1.82) is 0 Å². The van der Waals surface area contributed by atoms with Crippen LogP contribution in [0.5, 0.6) is 11.5 Å². The highest BCUT2D eigenvalue weighted by Crippen LogP contribution is 2.29. The van der Waals surface area contributed by atoms with Gasteiger partial charge in [-0.3, -0.25) is 9.59 Å². The Morgan fingerprint density at radius 3 is 2.42 bits per heavy atom. The lowest BCUT2D eigenvalue weighted by molar-refractivity contribution is -0.143. The fourth-order valence-electron chi connectivity index (χ4n) is 2.51. The second-order valence-electron chi connectivity index (χ2n) is 5.50. The number of rotatable bonds is 4. The molecule has 132 valence electrons. The van der Waals surface area contributed by atoms with Gasteiger partial charge in [-0.15, -0.1) is 0 Å². The van der Waals surface area contributed by atoms with Crippen LogP contribution >= 0.6 is 0 Å². The molecule has 1 unspecified atom stereocenters. The van der Waals surface area contributed by atoms with Gasteiger partial charge in [-0.05, 0) is 18.6 Å². The van der Waals surface area contributed by atoms with Crippen molar-refractivity contribution < 1.29 is 27.5 Å². The number of nitrogens with zero attached hydrogens (tertiary/aromatic N) is 1. The van der Waals surface area contributed by atoms with Crippen LogP contribution < -0.4 is 14.8 Å². The first-order valence-corrected chi connectivity index (χ1v) is 9.10. The number of amides is 2. The van der Waals surface area contributed by atoms with E-state index >= 15 is 0 Å². The molecule has 1 aliphatic heterocycles. The standard InChI is InChI=1S/C15H20N2O6S/c1-17(11-6-7-24(20,21)9-11)15(19)14(18)16-10-4-5-12(22-2)13(8-10)23-3/h4-5,8,11H,6-7,9H2,1-3H3,(H,16,18). The Balaban J connectivity index is 2.05. The van der Waals surface area contributed by atoms with Crippen LogP contribution in [0.4, 0.5) is 5.69 Å². The highest BCUT2D eigenvalue weighted by atomic mass is 32.2. The molecule has 1 heterocycles. The number of carbonyl (C=O) groups excluding carboxylic acids is 2. The maximum atomic E-state index is 12.2.